The van der Waals surface area contributed by atoms with Crippen LogP contribution in [0.3, 0.4) is 0 Å². The van der Waals surface area contributed by atoms with Gasteiger partial charge in [-0.05, 0) is 42.8 Å². The first-order valence-corrected chi connectivity index (χ1v) is 11.0. The average molecular weight is 477 g/mol. The Labute approximate surface area is 199 Å². The van der Waals surface area contributed by atoms with Crippen molar-refractivity contribution in [2.24, 2.45) is 0 Å². The maximum atomic E-state index is 14.5. The summed E-state index contributed by atoms with van der Waals surface area (Å²) in [6.45, 7) is 0.875. The highest BCUT2D eigenvalue weighted by molar-refractivity contribution is 6.11. The van der Waals surface area contributed by atoms with Crippen LogP contribution in [0.15, 0.2) is 72.8 Å². The van der Waals surface area contributed by atoms with Crippen LogP contribution in [0, 0.1) is 11.6 Å². The molecule has 1 fully saturated rings. The number of para-hydroxylation sites is 2. The van der Waals surface area contributed by atoms with Crippen LogP contribution in [-0.4, -0.2) is 35.9 Å². The zero-order valence-corrected chi connectivity index (χ0v) is 18.7. The maximum absolute atomic E-state index is 14.5. The van der Waals surface area contributed by atoms with Crippen molar-refractivity contribution in [1.29, 1.82) is 0 Å². The number of fused-ring (bicyclic) bond motifs is 1. The van der Waals surface area contributed by atoms with Crippen molar-refractivity contribution in [3.8, 4) is 5.75 Å². The lowest BCUT2D eigenvalue weighted by atomic mass is 9.91. The van der Waals surface area contributed by atoms with Crippen LogP contribution in [0.2, 0.25) is 0 Å². The number of rotatable bonds is 4. The molecule has 0 radical (unpaired) electrons. The zero-order valence-electron chi connectivity index (χ0n) is 18.7. The van der Waals surface area contributed by atoms with Gasteiger partial charge in [0, 0.05) is 5.56 Å². The lowest BCUT2D eigenvalue weighted by Gasteiger charge is -2.37. The summed E-state index contributed by atoms with van der Waals surface area (Å²) >= 11 is 0. The second-order valence-electron chi connectivity index (χ2n) is 8.54. The molecule has 178 valence electrons. The predicted octanol–water partition coefficient (Wildman–Crippen LogP) is 3.90. The Balaban J connectivity index is 1.47. The van der Waals surface area contributed by atoms with Crippen LogP contribution in [0.25, 0.3) is 0 Å². The van der Waals surface area contributed by atoms with Crippen molar-refractivity contribution in [3.63, 3.8) is 0 Å². The summed E-state index contributed by atoms with van der Waals surface area (Å²) in [5.74, 6) is -2.48. The van der Waals surface area contributed by atoms with Gasteiger partial charge in [-0.3, -0.25) is 19.4 Å². The standard InChI is InChI=1S/C26H21F2N3O4/c1-26(18-13-17(27)11-12-19(18)28)24(33)30(25(34)29-26)14-23(32)31-20-9-5-6-10-22(20)35-15-21(31)16-7-3-2-4-8-16/h2-13,21H,14-15H2,1H3,(H,29,34)/t21-,26+/m0/s1. The molecule has 3 aromatic rings. The van der Waals surface area contributed by atoms with Crippen LogP contribution in [-0.2, 0) is 15.1 Å². The van der Waals surface area contributed by atoms with E-state index in [2.05, 4.69) is 5.32 Å². The first-order valence-electron chi connectivity index (χ1n) is 11.0. The number of hydrogen-bond donors (Lipinski definition) is 1. The fourth-order valence-electron chi connectivity index (χ4n) is 4.53. The van der Waals surface area contributed by atoms with E-state index in [-0.39, 0.29) is 12.2 Å². The van der Waals surface area contributed by atoms with Gasteiger partial charge in [0.1, 0.15) is 36.1 Å². The lowest BCUT2D eigenvalue weighted by Crippen LogP contribution is -2.48. The fraction of sp³-hybridized carbons (Fsp3) is 0.192. The summed E-state index contributed by atoms with van der Waals surface area (Å²) in [4.78, 5) is 41.9. The van der Waals surface area contributed by atoms with E-state index in [0.717, 1.165) is 28.7 Å². The van der Waals surface area contributed by atoms with Gasteiger partial charge in [0.05, 0.1) is 11.7 Å². The summed E-state index contributed by atoms with van der Waals surface area (Å²) in [7, 11) is 0. The number of urea groups is 1. The highest BCUT2D eigenvalue weighted by atomic mass is 19.1. The number of imide groups is 1. The molecule has 1 saturated heterocycles. The largest absolute Gasteiger partial charge is 0.489 e. The van der Waals surface area contributed by atoms with E-state index in [4.69, 9.17) is 4.74 Å². The topological polar surface area (TPSA) is 79.0 Å². The smallest absolute Gasteiger partial charge is 0.325 e. The van der Waals surface area contributed by atoms with Gasteiger partial charge in [-0.25, -0.2) is 13.6 Å². The molecule has 2 atom stereocenters. The molecule has 7 nitrogen and oxygen atoms in total. The Morgan fingerprint density at radius 3 is 2.54 bits per heavy atom. The van der Waals surface area contributed by atoms with E-state index in [9.17, 15) is 23.2 Å². The van der Waals surface area contributed by atoms with E-state index in [1.165, 1.54) is 11.8 Å². The third-order valence-electron chi connectivity index (χ3n) is 6.32. The van der Waals surface area contributed by atoms with Gasteiger partial charge in [0.25, 0.3) is 5.91 Å². The number of nitrogens with zero attached hydrogens (tertiary/aromatic N) is 2. The van der Waals surface area contributed by atoms with Crippen molar-refractivity contribution in [3.05, 3.63) is 95.6 Å². The highest BCUT2D eigenvalue weighted by Gasteiger charge is 2.51. The molecule has 0 saturated carbocycles. The van der Waals surface area contributed by atoms with Gasteiger partial charge in [-0.2, -0.15) is 0 Å². The monoisotopic (exact) mass is 477 g/mol. The minimum atomic E-state index is -1.86. The molecular weight excluding hydrogens is 456 g/mol. The van der Waals surface area contributed by atoms with Gasteiger partial charge >= 0.3 is 6.03 Å². The Morgan fingerprint density at radius 1 is 1.06 bits per heavy atom. The fourth-order valence-corrected chi connectivity index (χ4v) is 4.53. The zero-order chi connectivity index (χ0) is 24.7. The van der Waals surface area contributed by atoms with Crippen LogP contribution in [0.5, 0.6) is 5.75 Å². The van der Waals surface area contributed by atoms with Gasteiger partial charge in [0.15, 0.2) is 0 Å². The van der Waals surface area contributed by atoms with Gasteiger partial charge in [-0.1, -0.05) is 42.5 Å². The Morgan fingerprint density at radius 2 is 1.77 bits per heavy atom. The third kappa shape index (κ3) is 3.78. The number of anilines is 1. The summed E-state index contributed by atoms with van der Waals surface area (Å²) in [6, 6.07) is 17.6. The van der Waals surface area contributed by atoms with Crippen molar-refractivity contribution < 1.29 is 27.9 Å². The highest BCUT2D eigenvalue weighted by Crippen LogP contribution is 2.40. The Hall–Kier alpha value is -4.27. The summed E-state index contributed by atoms with van der Waals surface area (Å²) in [6.07, 6.45) is 0. The van der Waals surface area contributed by atoms with E-state index in [1.807, 2.05) is 30.3 Å². The minimum absolute atomic E-state index is 0.180. The molecule has 0 bridgehead atoms. The molecule has 2 aliphatic heterocycles. The molecule has 0 aliphatic carbocycles. The number of amides is 4. The molecule has 35 heavy (non-hydrogen) atoms. The maximum Gasteiger partial charge on any atom is 0.325 e. The molecule has 0 unspecified atom stereocenters. The van der Waals surface area contributed by atoms with Crippen molar-refractivity contribution in [1.82, 2.24) is 10.2 Å². The third-order valence-corrected chi connectivity index (χ3v) is 6.32. The molecule has 1 N–H and O–H groups in total. The molecule has 9 heteroatoms. The molecular formula is C26H21F2N3O4. The Bertz CT molecular complexity index is 1330. The number of ether oxygens (including phenoxy) is 1. The van der Waals surface area contributed by atoms with Gasteiger partial charge in [0.2, 0.25) is 5.91 Å². The predicted molar refractivity (Wildman–Crippen MR) is 123 cm³/mol. The number of hydrogen-bond acceptors (Lipinski definition) is 4. The SMILES string of the molecule is C[C@]1(c2cc(F)ccc2F)NC(=O)N(CC(=O)N2c3ccccc3OC[C@H]2c2ccccc2)C1=O. The molecule has 0 aromatic heterocycles. The van der Waals surface area contributed by atoms with E-state index in [1.54, 1.807) is 24.3 Å². The second kappa shape index (κ2) is 8.50. The van der Waals surface area contributed by atoms with E-state index < -0.39 is 47.6 Å². The number of carbonyl (C=O) groups is 3. The number of halogens is 2. The summed E-state index contributed by atoms with van der Waals surface area (Å²) in [5.41, 5.74) is -0.849. The number of carbonyl (C=O) groups excluding carboxylic acids is 3. The second-order valence-corrected chi connectivity index (χ2v) is 8.54. The molecule has 5 rings (SSSR count). The quantitative estimate of drug-likeness (QED) is 0.579. The Kier molecular flexibility index (Phi) is 5.47. The first kappa shape index (κ1) is 22.5. The van der Waals surface area contributed by atoms with Crippen molar-refractivity contribution in [2.45, 2.75) is 18.5 Å². The molecule has 2 heterocycles. The molecule has 0 spiro atoms. The first-order chi connectivity index (χ1) is 16.8. The van der Waals surface area contributed by atoms with Gasteiger partial charge < -0.3 is 10.1 Å². The van der Waals surface area contributed by atoms with Crippen LogP contribution >= 0.6 is 0 Å². The number of benzene rings is 3. The summed E-state index contributed by atoms with van der Waals surface area (Å²) < 4.78 is 34.2. The summed E-state index contributed by atoms with van der Waals surface area (Å²) in [5, 5.41) is 2.42. The average Bonchev–Trinajstić information content (AvgIpc) is 3.08. The van der Waals surface area contributed by atoms with Crippen molar-refractivity contribution >= 4 is 23.5 Å². The molecule has 3 aromatic carbocycles. The van der Waals surface area contributed by atoms with Crippen LogP contribution in [0.4, 0.5) is 19.3 Å². The minimum Gasteiger partial charge on any atom is -0.489 e. The molecule has 4 amide bonds. The van der Waals surface area contributed by atoms with E-state index in [0.29, 0.717) is 11.4 Å². The van der Waals surface area contributed by atoms with E-state index >= 15 is 0 Å². The number of nitrogens with one attached hydrogen (secondary N) is 1. The van der Waals surface area contributed by atoms with Gasteiger partial charge in [-0.15, -0.1) is 0 Å². The lowest BCUT2D eigenvalue weighted by molar-refractivity contribution is -0.134. The van der Waals surface area contributed by atoms with Crippen LogP contribution < -0.4 is 15.0 Å². The van der Waals surface area contributed by atoms with Crippen molar-refractivity contribution in [2.75, 3.05) is 18.1 Å². The normalized spacial score (nSPS) is 21.4. The molecule has 2 aliphatic rings. The van der Waals surface area contributed by atoms with Crippen LogP contribution in [0.1, 0.15) is 24.1 Å².